The number of ether oxygens (including phenoxy) is 1. The van der Waals surface area contributed by atoms with Gasteiger partial charge in [-0.2, -0.15) is 0 Å². The van der Waals surface area contributed by atoms with Crippen LogP contribution in [0.5, 0.6) is 0 Å². The van der Waals surface area contributed by atoms with Crippen LogP contribution < -0.4 is 5.32 Å². The number of amides is 1. The van der Waals surface area contributed by atoms with E-state index in [0.717, 1.165) is 27.8 Å². The summed E-state index contributed by atoms with van der Waals surface area (Å²) in [5, 5.41) is 3.53. The summed E-state index contributed by atoms with van der Waals surface area (Å²) in [5.41, 5.74) is 4.88. The molecular weight excluding hydrogens is 386 g/mol. The topological polar surface area (TPSA) is 55.4 Å². The summed E-state index contributed by atoms with van der Waals surface area (Å²) in [6.07, 6.45) is 0.325. The molecule has 0 saturated heterocycles. The van der Waals surface area contributed by atoms with Crippen LogP contribution >= 0.6 is 11.6 Å². The highest BCUT2D eigenvalue weighted by molar-refractivity contribution is 6.30. The molecule has 5 heteroatoms. The van der Waals surface area contributed by atoms with E-state index in [1.807, 2.05) is 60.7 Å². The Kier molecular flexibility index (Phi) is 5.36. The van der Waals surface area contributed by atoms with Gasteiger partial charge in [-0.05, 0) is 39.9 Å². The van der Waals surface area contributed by atoms with Gasteiger partial charge in [-0.25, -0.2) is 4.79 Å². The van der Waals surface area contributed by atoms with Crippen LogP contribution in [0.25, 0.3) is 11.1 Å². The summed E-state index contributed by atoms with van der Waals surface area (Å²) in [6, 6.07) is 22.2. The van der Waals surface area contributed by atoms with E-state index < -0.39 is 17.9 Å². The monoisotopic (exact) mass is 405 g/mol. The maximum Gasteiger partial charge on any atom is 0.328 e. The lowest BCUT2D eigenvalue weighted by molar-refractivity contribution is -0.145. The predicted octanol–water partition coefficient (Wildman–Crippen LogP) is 4.35. The molecule has 0 aromatic heterocycles. The van der Waals surface area contributed by atoms with E-state index in [9.17, 15) is 9.59 Å². The normalized spacial score (nSPS) is 13.3. The molecule has 0 unspecified atom stereocenters. The summed E-state index contributed by atoms with van der Waals surface area (Å²) in [5.74, 6) is -1.15. The molecule has 0 radical (unpaired) electrons. The van der Waals surface area contributed by atoms with Gasteiger partial charge in [-0.1, -0.05) is 72.3 Å². The molecular formula is C24H20ClNO3. The first-order valence-corrected chi connectivity index (χ1v) is 9.77. The number of rotatable bonds is 5. The van der Waals surface area contributed by atoms with E-state index in [-0.39, 0.29) is 5.91 Å². The van der Waals surface area contributed by atoms with Gasteiger partial charge >= 0.3 is 5.97 Å². The number of halogens is 1. The van der Waals surface area contributed by atoms with Gasteiger partial charge in [0.15, 0.2) is 0 Å². The molecule has 146 valence electrons. The van der Waals surface area contributed by atoms with Gasteiger partial charge in [-0.3, -0.25) is 4.79 Å². The van der Waals surface area contributed by atoms with Crippen LogP contribution in [0.3, 0.4) is 0 Å². The number of carbonyl (C=O) groups is 2. The Bertz CT molecular complexity index is 1020. The molecule has 0 fully saturated rings. The van der Waals surface area contributed by atoms with Gasteiger partial charge < -0.3 is 10.1 Å². The lowest BCUT2D eigenvalue weighted by Crippen LogP contribution is -2.45. The molecule has 0 bridgehead atoms. The number of nitrogens with one attached hydrogen (secondary N) is 1. The van der Waals surface area contributed by atoms with Crippen LogP contribution in [0.1, 0.15) is 22.6 Å². The second-order valence-electron chi connectivity index (χ2n) is 7.02. The molecule has 1 aliphatic carbocycles. The van der Waals surface area contributed by atoms with E-state index in [1.165, 1.54) is 7.11 Å². The number of hydrogen-bond donors (Lipinski definition) is 1. The third-order valence-electron chi connectivity index (χ3n) is 5.25. The van der Waals surface area contributed by atoms with Crippen molar-refractivity contribution in [2.75, 3.05) is 7.11 Å². The Balaban J connectivity index is 1.62. The van der Waals surface area contributed by atoms with Crippen molar-refractivity contribution in [3.8, 4) is 11.1 Å². The number of fused-ring (bicyclic) bond motifs is 3. The zero-order valence-electron chi connectivity index (χ0n) is 15.9. The van der Waals surface area contributed by atoms with E-state index in [0.29, 0.717) is 11.4 Å². The summed E-state index contributed by atoms with van der Waals surface area (Å²) in [6.45, 7) is 0. The fourth-order valence-electron chi connectivity index (χ4n) is 3.88. The molecule has 1 aliphatic rings. The first kappa shape index (κ1) is 19.2. The molecule has 0 aliphatic heterocycles. The number of esters is 1. The Morgan fingerprint density at radius 3 is 2.03 bits per heavy atom. The van der Waals surface area contributed by atoms with Crippen molar-refractivity contribution in [3.63, 3.8) is 0 Å². The van der Waals surface area contributed by atoms with Crippen molar-refractivity contribution < 1.29 is 14.3 Å². The summed E-state index contributed by atoms with van der Waals surface area (Å²) in [4.78, 5) is 25.7. The van der Waals surface area contributed by atoms with Crippen molar-refractivity contribution in [2.45, 2.75) is 18.4 Å². The van der Waals surface area contributed by atoms with Crippen LogP contribution in [-0.4, -0.2) is 25.0 Å². The second kappa shape index (κ2) is 8.10. The van der Waals surface area contributed by atoms with E-state index in [4.69, 9.17) is 16.3 Å². The van der Waals surface area contributed by atoms with Crippen molar-refractivity contribution in [2.24, 2.45) is 0 Å². The molecule has 1 N–H and O–H groups in total. The molecule has 3 aromatic rings. The SMILES string of the molecule is COC(=O)[C@@H](Cc1ccc(Cl)cc1)NC(=O)C1c2ccccc2-c2ccccc21. The number of carbonyl (C=O) groups excluding carboxylic acids is 2. The van der Waals surface area contributed by atoms with Crippen molar-refractivity contribution in [1.29, 1.82) is 0 Å². The van der Waals surface area contributed by atoms with Crippen molar-refractivity contribution in [1.82, 2.24) is 5.32 Å². The van der Waals surface area contributed by atoms with E-state index in [1.54, 1.807) is 12.1 Å². The maximum absolute atomic E-state index is 13.3. The van der Waals surface area contributed by atoms with Crippen LogP contribution in [-0.2, 0) is 20.7 Å². The maximum atomic E-state index is 13.3. The van der Waals surface area contributed by atoms with Gasteiger partial charge in [0.05, 0.1) is 13.0 Å². The molecule has 1 amide bonds. The minimum atomic E-state index is -0.784. The molecule has 0 heterocycles. The zero-order chi connectivity index (χ0) is 20.4. The molecule has 3 aromatic carbocycles. The minimum Gasteiger partial charge on any atom is -0.467 e. The quantitative estimate of drug-likeness (QED) is 0.642. The molecule has 0 spiro atoms. The fraction of sp³-hybridized carbons (Fsp3) is 0.167. The highest BCUT2D eigenvalue weighted by Gasteiger charge is 2.35. The number of hydrogen-bond acceptors (Lipinski definition) is 3. The van der Waals surface area contributed by atoms with Crippen molar-refractivity contribution in [3.05, 3.63) is 94.5 Å². The zero-order valence-corrected chi connectivity index (χ0v) is 16.6. The fourth-order valence-corrected chi connectivity index (χ4v) is 4.01. The van der Waals surface area contributed by atoms with Gasteiger partial charge in [0, 0.05) is 11.4 Å². The largest absolute Gasteiger partial charge is 0.467 e. The third-order valence-corrected chi connectivity index (χ3v) is 5.50. The first-order chi connectivity index (χ1) is 14.1. The molecule has 4 rings (SSSR count). The van der Waals surface area contributed by atoms with Crippen LogP contribution in [0.15, 0.2) is 72.8 Å². The standard InChI is InChI=1S/C24H20ClNO3/c1-29-24(28)21(14-15-10-12-16(25)13-11-15)26-23(27)22-19-8-4-2-6-17(19)18-7-3-5-9-20(18)22/h2-13,21-22H,14H2,1H3,(H,26,27)/t21-/m1/s1. The smallest absolute Gasteiger partial charge is 0.328 e. The van der Waals surface area contributed by atoms with Crippen molar-refractivity contribution >= 4 is 23.5 Å². The molecule has 0 saturated carbocycles. The summed E-state index contributed by atoms with van der Waals surface area (Å²) < 4.78 is 4.93. The highest BCUT2D eigenvalue weighted by atomic mass is 35.5. The number of methoxy groups -OCH3 is 1. The predicted molar refractivity (Wildman–Crippen MR) is 113 cm³/mol. The van der Waals surface area contributed by atoms with Crippen LogP contribution in [0.2, 0.25) is 5.02 Å². The lowest BCUT2D eigenvalue weighted by Gasteiger charge is -2.20. The summed E-state index contributed by atoms with van der Waals surface area (Å²) >= 11 is 5.94. The van der Waals surface area contributed by atoms with Gasteiger partial charge in [0.2, 0.25) is 5.91 Å². The highest BCUT2D eigenvalue weighted by Crippen LogP contribution is 2.44. The lowest BCUT2D eigenvalue weighted by atomic mass is 9.95. The molecule has 1 atom stereocenters. The van der Waals surface area contributed by atoms with Gasteiger partial charge in [0.1, 0.15) is 6.04 Å². The van der Waals surface area contributed by atoms with E-state index in [2.05, 4.69) is 5.32 Å². The summed E-state index contributed by atoms with van der Waals surface area (Å²) in [7, 11) is 1.32. The van der Waals surface area contributed by atoms with Crippen LogP contribution in [0, 0.1) is 0 Å². The third kappa shape index (κ3) is 3.76. The number of benzene rings is 3. The van der Waals surface area contributed by atoms with E-state index >= 15 is 0 Å². The average molecular weight is 406 g/mol. The van der Waals surface area contributed by atoms with Crippen LogP contribution in [0.4, 0.5) is 0 Å². The second-order valence-corrected chi connectivity index (χ2v) is 7.46. The van der Waals surface area contributed by atoms with Gasteiger partial charge in [0.25, 0.3) is 0 Å². The van der Waals surface area contributed by atoms with Gasteiger partial charge in [-0.15, -0.1) is 0 Å². The Hall–Kier alpha value is -3.11. The Morgan fingerprint density at radius 1 is 0.931 bits per heavy atom. The average Bonchev–Trinajstić information content (AvgIpc) is 3.09. The molecule has 29 heavy (non-hydrogen) atoms. The Morgan fingerprint density at radius 2 is 1.48 bits per heavy atom. The molecule has 4 nitrogen and oxygen atoms in total. The minimum absolute atomic E-state index is 0.216. The first-order valence-electron chi connectivity index (χ1n) is 9.39. The Labute approximate surface area is 174 Å².